The Balaban J connectivity index is 0. The zero-order valence-electron chi connectivity index (χ0n) is 7.94. The summed E-state index contributed by atoms with van der Waals surface area (Å²) in [4.78, 5) is 10.6. The number of nitrogens with zero attached hydrogens (tertiary/aromatic N) is 1. The van der Waals surface area contributed by atoms with Crippen LogP contribution in [-0.4, -0.2) is 52.1 Å². The lowest BCUT2D eigenvalue weighted by Gasteiger charge is -2.21. The minimum atomic E-state index is -3.70. The Labute approximate surface area is 77.4 Å². The molecule has 80 valence electrons. The fraction of sp³-hybridized carbons (Fsp3) is 0.800. The Morgan fingerprint density at radius 1 is 1.31 bits per heavy atom. The molecule has 13 heavy (non-hydrogen) atoms. The van der Waals surface area contributed by atoms with Crippen molar-refractivity contribution in [3.63, 3.8) is 0 Å². The van der Waals surface area contributed by atoms with Gasteiger partial charge in [0.05, 0.1) is 28.3 Å². The average molecular weight is 214 g/mol. The van der Waals surface area contributed by atoms with Crippen LogP contribution in [0, 0.1) is 0 Å². The normalized spacial score (nSPS) is 11.4. The second-order valence-corrected chi connectivity index (χ2v) is 5.21. The van der Waals surface area contributed by atoms with Crippen LogP contribution < -0.4 is 4.72 Å². The van der Waals surface area contributed by atoms with Gasteiger partial charge >= 0.3 is 16.3 Å². The Hall–Kier alpha value is -0.860. The highest BCUT2D eigenvalue weighted by molar-refractivity contribution is 7.84. The SMILES string of the molecule is COC(=O)NS(=O)(=O)[N+](C)(C)C.[OH-]. The molecule has 0 radical (unpaired) electrons. The molecule has 0 aliphatic heterocycles. The van der Waals surface area contributed by atoms with Gasteiger partial charge in [-0.1, -0.05) is 0 Å². The molecule has 0 aliphatic rings. The van der Waals surface area contributed by atoms with E-state index in [1.54, 1.807) is 4.72 Å². The number of carbonyl (C=O) groups is 1. The van der Waals surface area contributed by atoms with Gasteiger partial charge in [0.15, 0.2) is 0 Å². The third kappa shape index (κ3) is 4.06. The lowest BCUT2D eigenvalue weighted by molar-refractivity contribution is -0.739. The van der Waals surface area contributed by atoms with Crippen molar-refractivity contribution in [2.45, 2.75) is 0 Å². The number of hydrogen-bond donors (Lipinski definition) is 1. The molecule has 0 heterocycles. The number of nitrogens with one attached hydrogen (secondary N) is 1. The largest absolute Gasteiger partial charge is 0.870 e. The molecule has 0 aromatic heterocycles. The van der Waals surface area contributed by atoms with Gasteiger partial charge in [0.2, 0.25) is 0 Å². The van der Waals surface area contributed by atoms with Crippen molar-refractivity contribution in [3.8, 4) is 0 Å². The third-order valence-corrected chi connectivity index (χ3v) is 2.99. The predicted octanol–water partition coefficient (Wildman–Crippen LogP) is -0.883. The number of rotatable bonds is 2. The average Bonchev–Trinajstić information content (AvgIpc) is 1.84. The number of amides is 1. The van der Waals surface area contributed by atoms with E-state index in [0.29, 0.717) is 0 Å². The first kappa shape index (κ1) is 14.7. The van der Waals surface area contributed by atoms with Gasteiger partial charge in [-0.3, -0.25) is 0 Å². The topological polar surface area (TPSA) is 102 Å². The summed E-state index contributed by atoms with van der Waals surface area (Å²) in [5.74, 6) is 0. The molecule has 0 bridgehead atoms. The summed E-state index contributed by atoms with van der Waals surface area (Å²) in [6.45, 7) is 0. The van der Waals surface area contributed by atoms with Crippen molar-refractivity contribution in [1.82, 2.24) is 4.72 Å². The number of ether oxygens (including phenoxy) is 1. The van der Waals surface area contributed by atoms with Gasteiger partial charge < -0.3 is 10.2 Å². The summed E-state index contributed by atoms with van der Waals surface area (Å²) in [5, 5.41) is 0. The van der Waals surface area contributed by atoms with Gasteiger partial charge in [0.1, 0.15) is 0 Å². The van der Waals surface area contributed by atoms with E-state index >= 15 is 0 Å². The highest BCUT2D eigenvalue weighted by Crippen LogP contribution is 1.99. The molecule has 0 rings (SSSR count). The zero-order valence-corrected chi connectivity index (χ0v) is 8.75. The third-order valence-electron chi connectivity index (χ3n) is 1.12. The Bertz CT molecular complexity index is 265. The second kappa shape index (κ2) is 4.40. The fourth-order valence-electron chi connectivity index (χ4n) is 0.284. The van der Waals surface area contributed by atoms with Crippen molar-refractivity contribution >= 4 is 16.3 Å². The molecule has 0 fully saturated rings. The predicted molar refractivity (Wildman–Crippen MR) is 44.4 cm³/mol. The monoisotopic (exact) mass is 214 g/mol. The number of hydrogen-bond acceptors (Lipinski definition) is 5. The highest BCUT2D eigenvalue weighted by atomic mass is 32.2. The molecule has 0 saturated heterocycles. The summed E-state index contributed by atoms with van der Waals surface area (Å²) in [6, 6.07) is 0. The number of quaternary nitrogens is 1. The molecular formula is C5H14N2O5S. The summed E-state index contributed by atoms with van der Waals surface area (Å²) < 4.78 is 27.8. The first-order valence-corrected chi connectivity index (χ1v) is 4.57. The van der Waals surface area contributed by atoms with Crippen LogP contribution in [-0.2, 0) is 14.9 Å². The van der Waals surface area contributed by atoms with E-state index in [1.807, 2.05) is 0 Å². The first-order chi connectivity index (χ1) is 5.20. The van der Waals surface area contributed by atoms with E-state index in [4.69, 9.17) is 0 Å². The second-order valence-electron chi connectivity index (χ2n) is 2.96. The van der Waals surface area contributed by atoms with Crippen LogP contribution in [0.1, 0.15) is 0 Å². The van der Waals surface area contributed by atoms with Crippen LogP contribution in [0.4, 0.5) is 4.79 Å². The minimum Gasteiger partial charge on any atom is -0.870 e. The zero-order chi connectivity index (χ0) is 9.99. The number of methoxy groups -OCH3 is 1. The number of carbonyl (C=O) groups excluding carboxylic acids is 1. The van der Waals surface area contributed by atoms with E-state index < -0.39 is 16.3 Å². The molecule has 8 heteroatoms. The molecule has 7 nitrogen and oxygen atoms in total. The van der Waals surface area contributed by atoms with Crippen molar-refractivity contribution in [2.24, 2.45) is 0 Å². The van der Waals surface area contributed by atoms with Gasteiger partial charge in [0.25, 0.3) is 0 Å². The fourth-order valence-corrected chi connectivity index (χ4v) is 0.852. The Morgan fingerprint density at radius 2 is 1.69 bits per heavy atom. The van der Waals surface area contributed by atoms with Crippen LogP contribution in [0.2, 0.25) is 0 Å². The Morgan fingerprint density at radius 3 is 1.92 bits per heavy atom. The van der Waals surface area contributed by atoms with E-state index in [-0.39, 0.29) is 9.36 Å². The van der Waals surface area contributed by atoms with Gasteiger partial charge in [-0.25, -0.2) is 8.68 Å². The molecule has 0 aliphatic carbocycles. The molecule has 2 N–H and O–H groups in total. The first-order valence-electron chi connectivity index (χ1n) is 3.13. The molecule has 1 amide bonds. The summed E-state index contributed by atoms with van der Waals surface area (Å²) in [5.41, 5.74) is 0. The smallest absolute Gasteiger partial charge is 0.424 e. The Kier molecular flexibility index (Phi) is 4.96. The van der Waals surface area contributed by atoms with E-state index in [2.05, 4.69) is 4.74 Å². The quantitative estimate of drug-likeness (QED) is 0.601. The van der Waals surface area contributed by atoms with Gasteiger partial charge in [-0.2, -0.15) is 13.1 Å². The molecular weight excluding hydrogens is 200 g/mol. The lowest BCUT2D eigenvalue weighted by atomic mass is 11.0. The summed E-state index contributed by atoms with van der Waals surface area (Å²) in [7, 11) is 1.67. The molecule has 0 aromatic rings. The van der Waals surface area contributed by atoms with E-state index in [0.717, 1.165) is 7.11 Å². The maximum absolute atomic E-state index is 11.2. The van der Waals surface area contributed by atoms with Crippen molar-refractivity contribution in [1.29, 1.82) is 0 Å². The molecule has 0 saturated carbocycles. The summed E-state index contributed by atoms with van der Waals surface area (Å²) in [6.07, 6.45) is -0.983. The van der Waals surface area contributed by atoms with Crippen molar-refractivity contribution in [2.75, 3.05) is 28.3 Å². The van der Waals surface area contributed by atoms with Crippen LogP contribution >= 0.6 is 0 Å². The van der Waals surface area contributed by atoms with Gasteiger partial charge in [-0.15, -0.1) is 0 Å². The molecule has 0 unspecified atom stereocenters. The van der Waals surface area contributed by atoms with E-state index in [1.165, 1.54) is 21.1 Å². The van der Waals surface area contributed by atoms with Crippen LogP contribution in [0.3, 0.4) is 0 Å². The molecule has 0 atom stereocenters. The highest BCUT2D eigenvalue weighted by Gasteiger charge is 2.30. The van der Waals surface area contributed by atoms with E-state index in [9.17, 15) is 13.2 Å². The lowest BCUT2D eigenvalue weighted by Crippen LogP contribution is -2.50. The van der Waals surface area contributed by atoms with Crippen LogP contribution in [0.15, 0.2) is 0 Å². The maximum Gasteiger partial charge on any atom is 0.424 e. The van der Waals surface area contributed by atoms with Crippen LogP contribution in [0.25, 0.3) is 0 Å². The van der Waals surface area contributed by atoms with Gasteiger partial charge in [-0.05, 0) is 0 Å². The standard InChI is InChI=1S/C5H12N2O4S.H2O/c1-7(2,3)12(9,10)6-5(8)11-4;/h1-4H3;1H2. The maximum atomic E-state index is 11.2. The van der Waals surface area contributed by atoms with Crippen LogP contribution in [0.5, 0.6) is 0 Å². The minimum absolute atomic E-state index is 0. The summed E-state index contributed by atoms with van der Waals surface area (Å²) >= 11 is 0. The molecule has 0 aromatic carbocycles. The van der Waals surface area contributed by atoms with Crippen molar-refractivity contribution < 1.29 is 27.3 Å². The van der Waals surface area contributed by atoms with Crippen molar-refractivity contribution in [3.05, 3.63) is 0 Å². The molecule has 0 spiro atoms. The van der Waals surface area contributed by atoms with Gasteiger partial charge in [0, 0.05) is 0 Å².